The van der Waals surface area contributed by atoms with E-state index in [-0.39, 0.29) is 58.9 Å². The molecule has 1 aromatic heterocycles. The van der Waals surface area contributed by atoms with Crippen LogP contribution in [-0.2, 0) is 23.8 Å². The summed E-state index contributed by atoms with van der Waals surface area (Å²) in [6.45, 7) is 8.68. The third kappa shape index (κ3) is 12.2. The van der Waals surface area contributed by atoms with Gasteiger partial charge in [0.15, 0.2) is 11.8 Å². The lowest BCUT2D eigenvalue weighted by molar-refractivity contribution is -0.169. The molecule has 1 saturated carbocycles. The van der Waals surface area contributed by atoms with Gasteiger partial charge >= 0.3 is 24.0 Å². The SMILES string of the molecule is C=Cc1cc(C(=O)Nc2ccc(C(=N)NC(=O)OCCCC(O)C(=O)O)cc2)c(-c2ccc(C(=O)NCC3CC3)nc2C(=O)OC(C)OC(=O)C(C)C)cc1OC. The van der Waals surface area contributed by atoms with Crippen LogP contribution in [0.4, 0.5) is 10.5 Å². The highest BCUT2D eigenvalue weighted by atomic mass is 16.7. The molecule has 6 N–H and O–H groups in total. The van der Waals surface area contributed by atoms with Crippen LogP contribution in [0.2, 0.25) is 0 Å². The molecule has 1 aliphatic rings. The number of nitrogens with zero attached hydrogens (tertiary/aromatic N) is 1. The van der Waals surface area contributed by atoms with E-state index < -0.39 is 54.1 Å². The number of carboxylic acids is 1. The Labute approximate surface area is 328 Å². The van der Waals surface area contributed by atoms with Gasteiger partial charge in [-0.2, -0.15) is 0 Å². The Balaban J connectivity index is 1.60. The van der Waals surface area contributed by atoms with Crippen LogP contribution in [-0.4, -0.2) is 89.5 Å². The highest BCUT2D eigenvalue weighted by Crippen LogP contribution is 2.35. The molecule has 3 amide bonds. The lowest BCUT2D eigenvalue weighted by Crippen LogP contribution is -2.31. The molecule has 1 heterocycles. The lowest BCUT2D eigenvalue weighted by Gasteiger charge is -2.19. The van der Waals surface area contributed by atoms with E-state index in [1.807, 2.05) is 0 Å². The van der Waals surface area contributed by atoms with Crippen molar-refractivity contribution in [3.63, 3.8) is 0 Å². The first-order valence-corrected chi connectivity index (χ1v) is 18.0. The van der Waals surface area contributed by atoms with E-state index in [4.69, 9.17) is 29.5 Å². The fraction of sp³-hybridized carbons (Fsp3) is 0.350. The van der Waals surface area contributed by atoms with Gasteiger partial charge in [-0.1, -0.05) is 26.5 Å². The number of aromatic nitrogens is 1. The predicted molar refractivity (Wildman–Crippen MR) is 206 cm³/mol. The van der Waals surface area contributed by atoms with Crippen molar-refractivity contribution in [1.82, 2.24) is 15.6 Å². The maximum absolute atomic E-state index is 14.0. The van der Waals surface area contributed by atoms with E-state index in [1.54, 1.807) is 13.8 Å². The summed E-state index contributed by atoms with van der Waals surface area (Å²) in [5.74, 6) is -4.31. The molecule has 302 valence electrons. The number of aliphatic hydroxyl groups is 1. The van der Waals surface area contributed by atoms with Gasteiger partial charge in [-0.3, -0.25) is 25.1 Å². The van der Waals surface area contributed by atoms with Gasteiger partial charge in [-0.05, 0) is 80.1 Å². The van der Waals surface area contributed by atoms with Crippen LogP contribution in [0.5, 0.6) is 5.75 Å². The first kappa shape index (κ1) is 43.1. The van der Waals surface area contributed by atoms with Crippen molar-refractivity contribution in [2.45, 2.75) is 58.8 Å². The minimum atomic E-state index is -1.58. The number of hydrogen-bond donors (Lipinski definition) is 6. The number of methoxy groups -OCH3 is 1. The van der Waals surface area contributed by atoms with Gasteiger partial charge in [0.25, 0.3) is 11.8 Å². The summed E-state index contributed by atoms with van der Waals surface area (Å²) >= 11 is 0. The average molecular weight is 788 g/mol. The number of anilines is 1. The monoisotopic (exact) mass is 787 g/mol. The molecular weight excluding hydrogens is 742 g/mol. The summed E-state index contributed by atoms with van der Waals surface area (Å²) in [7, 11) is 1.42. The molecule has 0 radical (unpaired) electrons. The Bertz CT molecular complexity index is 2030. The summed E-state index contributed by atoms with van der Waals surface area (Å²) in [5, 5.41) is 34.1. The molecule has 2 aromatic carbocycles. The number of amidine groups is 1. The number of aliphatic carboxylic acids is 1. The van der Waals surface area contributed by atoms with E-state index in [2.05, 4.69) is 27.5 Å². The predicted octanol–water partition coefficient (Wildman–Crippen LogP) is 4.77. The normalized spacial score (nSPS) is 13.0. The molecule has 57 heavy (non-hydrogen) atoms. The number of ether oxygens (including phenoxy) is 4. The molecule has 0 bridgehead atoms. The number of pyridine rings is 1. The van der Waals surface area contributed by atoms with Crippen molar-refractivity contribution in [2.75, 3.05) is 25.6 Å². The van der Waals surface area contributed by atoms with Crippen LogP contribution < -0.4 is 20.7 Å². The summed E-state index contributed by atoms with van der Waals surface area (Å²) in [6, 6.07) is 11.8. The summed E-state index contributed by atoms with van der Waals surface area (Å²) in [4.78, 5) is 80.2. The van der Waals surface area contributed by atoms with Crippen molar-refractivity contribution >= 4 is 53.4 Å². The zero-order valence-corrected chi connectivity index (χ0v) is 31.9. The van der Waals surface area contributed by atoms with Crippen LogP contribution in [0, 0.1) is 17.2 Å². The van der Waals surface area contributed by atoms with Crippen molar-refractivity contribution in [3.8, 4) is 16.9 Å². The maximum atomic E-state index is 14.0. The van der Waals surface area contributed by atoms with Crippen molar-refractivity contribution < 1.29 is 57.9 Å². The molecule has 2 atom stereocenters. The standard InChI is InChI=1S/C40H45N5O12/c1-6-24-18-29(35(47)43-26-13-11-25(12-14-26)34(41)45-40(53)55-17-7-8-31(46)37(49)50)28(19-32(24)54-5)27-15-16-30(36(48)42-20-23-9-10-23)44-33(27)39(52)57-22(4)56-38(51)21(2)3/h6,11-16,18-19,21-23,31,46H,1,7-10,17,20H2,2-5H3,(H,42,48)(H,43,47)(H,49,50)(H2,41,45,53). The molecule has 17 nitrogen and oxygen atoms in total. The highest BCUT2D eigenvalue weighted by Gasteiger charge is 2.28. The highest BCUT2D eigenvalue weighted by molar-refractivity contribution is 6.11. The third-order valence-electron chi connectivity index (χ3n) is 8.52. The topological polar surface area (TPSA) is 253 Å². The first-order valence-electron chi connectivity index (χ1n) is 18.0. The minimum Gasteiger partial charge on any atom is -0.496 e. The van der Waals surface area contributed by atoms with Gasteiger partial charge < -0.3 is 39.8 Å². The largest absolute Gasteiger partial charge is 0.496 e. The number of carboxylic acid groups (broad SMARTS) is 1. The minimum absolute atomic E-state index is 0.0453. The molecule has 2 unspecified atom stereocenters. The summed E-state index contributed by atoms with van der Waals surface area (Å²) in [5.41, 5.74) is 0.883. The molecule has 3 aromatic rings. The number of aliphatic hydroxyl groups excluding tert-OH is 1. The molecular formula is C40H45N5O12. The fourth-order valence-corrected chi connectivity index (χ4v) is 5.18. The van der Waals surface area contributed by atoms with E-state index in [1.165, 1.54) is 68.6 Å². The molecule has 0 saturated heterocycles. The van der Waals surface area contributed by atoms with Crippen LogP contribution in [0.3, 0.4) is 0 Å². The number of carbonyl (C=O) groups is 6. The quantitative estimate of drug-likeness (QED) is 0.0335. The van der Waals surface area contributed by atoms with Crippen molar-refractivity contribution in [3.05, 3.63) is 83.2 Å². The zero-order chi connectivity index (χ0) is 41.8. The lowest BCUT2D eigenvalue weighted by atomic mass is 9.94. The second-order valence-electron chi connectivity index (χ2n) is 13.3. The van der Waals surface area contributed by atoms with Gasteiger partial charge in [0.1, 0.15) is 17.3 Å². The maximum Gasteiger partial charge on any atom is 0.412 e. The number of esters is 2. The fourth-order valence-electron chi connectivity index (χ4n) is 5.18. The number of alkyl carbamates (subject to hydrolysis) is 1. The molecule has 0 spiro atoms. The summed E-state index contributed by atoms with van der Waals surface area (Å²) < 4.78 is 21.2. The smallest absolute Gasteiger partial charge is 0.412 e. The molecule has 1 aliphatic carbocycles. The van der Waals surface area contributed by atoms with Gasteiger partial charge in [0.05, 0.1) is 19.6 Å². The molecule has 17 heteroatoms. The Morgan fingerprint density at radius 2 is 1.68 bits per heavy atom. The van der Waals surface area contributed by atoms with Crippen molar-refractivity contribution in [1.29, 1.82) is 5.41 Å². The number of rotatable bonds is 18. The van der Waals surface area contributed by atoms with Gasteiger partial charge in [-0.15, -0.1) is 0 Å². The van der Waals surface area contributed by atoms with E-state index in [9.17, 15) is 33.9 Å². The van der Waals surface area contributed by atoms with Crippen LogP contribution in [0.25, 0.3) is 17.2 Å². The summed E-state index contributed by atoms with van der Waals surface area (Å²) in [6.07, 6.45) is -0.401. The van der Waals surface area contributed by atoms with Gasteiger partial charge in [-0.25, -0.2) is 19.4 Å². The van der Waals surface area contributed by atoms with Crippen LogP contribution >= 0.6 is 0 Å². The Hall–Kier alpha value is -6.62. The van der Waals surface area contributed by atoms with Gasteiger partial charge in [0, 0.05) is 47.0 Å². The van der Waals surface area contributed by atoms with E-state index >= 15 is 0 Å². The number of carbonyl (C=O) groups excluding carboxylic acids is 5. The molecule has 1 fully saturated rings. The van der Waals surface area contributed by atoms with Crippen LogP contribution in [0.1, 0.15) is 88.9 Å². The Kier molecular flexibility index (Phi) is 15.0. The zero-order valence-electron chi connectivity index (χ0n) is 31.9. The molecule has 4 rings (SSSR count). The number of nitrogens with one attached hydrogen (secondary N) is 4. The second kappa shape index (κ2) is 19.8. The number of benzene rings is 2. The molecule has 0 aliphatic heterocycles. The Morgan fingerprint density at radius 3 is 2.30 bits per heavy atom. The second-order valence-corrected chi connectivity index (χ2v) is 13.3. The van der Waals surface area contributed by atoms with Crippen LogP contribution in [0.15, 0.2) is 55.1 Å². The number of hydrogen-bond acceptors (Lipinski definition) is 13. The van der Waals surface area contributed by atoms with E-state index in [0.717, 1.165) is 12.8 Å². The average Bonchev–Trinajstić information content (AvgIpc) is 4.02. The van der Waals surface area contributed by atoms with Crippen molar-refractivity contribution in [2.24, 2.45) is 11.8 Å². The third-order valence-corrected chi connectivity index (χ3v) is 8.52. The van der Waals surface area contributed by atoms with E-state index in [0.29, 0.717) is 29.5 Å². The Morgan fingerprint density at radius 1 is 0.982 bits per heavy atom. The number of amides is 3. The van der Waals surface area contributed by atoms with Gasteiger partial charge in [0.2, 0.25) is 6.29 Å². The first-order chi connectivity index (χ1) is 27.1.